The van der Waals surface area contributed by atoms with Gasteiger partial charge in [-0.3, -0.25) is 14.8 Å². The summed E-state index contributed by atoms with van der Waals surface area (Å²) in [6.07, 6.45) is -0.557. The molecule has 0 fully saturated rings. The monoisotopic (exact) mass is 283 g/mol. The van der Waals surface area contributed by atoms with Gasteiger partial charge in [0.25, 0.3) is 0 Å². The second-order valence-corrected chi connectivity index (χ2v) is 5.26. The van der Waals surface area contributed by atoms with E-state index in [2.05, 4.69) is 5.32 Å². The zero-order valence-corrected chi connectivity index (χ0v) is 10.5. The second-order valence-electron chi connectivity index (χ2n) is 3.65. The van der Waals surface area contributed by atoms with Gasteiger partial charge in [-0.05, 0) is 12.8 Å². The van der Waals surface area contributed by atoms with Crippen molar-refractivity contribution in [1.29, 1.82) is 5.41 Å². The van der Waals surface area contributed by atoms with E-state index in [1.165, 1.54) is 0 Å². The van der Waals surface area contributed by atoms with Crippen molar-refractivity contribution in [3.63, 3.8) is 0 Å². The van der Waals surface area contributed by atoms with Crippen LogP contribution in [0, 0.1) is 5.41 Å². The maximum absolute atomic E-state index is 11.0. The van der Waals surface area contributed by atoms with Crippen LogP contribution in [0.5, 0.6) is 0 Å². The maximum Gasteiger partial charge on any atom is 0.341 e. The molecule has 0 aliphatic rings. The summed E-state index contributed by atoms with van der Waals surface area (Å²) in [6, 6.07) is -1.20. The Hall–Kier alpha value is -1.19. The number of guanidine groups is 1. The molecule has 0 aromatic heterocycles. The molecule has 0 spiro atoms. The molecule has 9 N–H and O–H groups in total. The summed E-state index contributed by atoms with van der Waals surface area (Å²) >= 11 is 0. The lowest BCUT2D eigenvalue weighted by molar-refractivity contribution is -0.148. The van der Waals surface area contributed by atoms with Crippen molar-refractivity contribution in [2.45, 2.75) is 18.9 Å². The lowest BCUT2D eigenvalue weighted by atomic mass is 10.1. The van der Waals surface area contributed by atoms with Gasteiger partial charge in [0.05, 0.1) is 0 Å². The van der Waals surface area contributed by atoms with Gasteiger partial charge in [0.2, 0.25) is 5.91 Å². The number of rotatable bonds is 8. The van der Waals surface area contributed by atoms with Crippen molar-refractivity contribution in [2.75, 3.05) is 12.8 Å². The van der Waals surface area contributed by atoms with Gasteiger partial charge in [0, 0.05) is 6.54 Å². The minimum absolute atomic E-state index is 0.0755. The second kappa shape index (κ2) is 7.29. The van der Waals surface area contributed by atoms with Crippen LogP contribution in [0.2, 0.25) is 0 Å². The third-order valence-electron chi connectivity index (χ3n) is 1.99. The van der Waals surface area contributed by atoms with Crippen molar-refractivity contribution in [1.82, 2.24) is 10.4 Å². The molecule has 0 aliphatic heterocycles. The summed E-state index contributed by atoms with van der Waals surface area (Å²) in [7, 11) is -4.47. The van der Waals surface area contributed by atoms with Crippen molar-refractivity contribution < 1.29 is 24.4 Å². The summed E-state index contributed by atoms with van der Waals surface area (Å²) < 4.78 is 10.7. The first-order valence-corrected chi connectivity index (χ1v) is 6.80. The highest BCUT2D eigenvalue weighted by molar-refractivity contribution is 7.51. The Bertz CT molecular complexity index is 345. The number of amides is 1. The normalized spacial score (nSPS) is 13.3. The van der Waals surface area contributed by atoms with Crippen molar-refractivity contribution in [3.05, 3.63) is 0 Å². The van der Waals surface area contributed by atoms with Gasteiger partial charge < -0.3 is 31.8 Å². The molecule has 0 heterocycles. The molecule has 0 aromatic rings. The average molecular weight is 283 g/mol. The third-order valence-corrected chi connectivity index (χ3v) is 2.65. The van der Waals surface area contributed by atoms with Crippen molar-refractivity contribution in [2.24, 2.45) is 11.5 Å². The van der Waals surface area contributed by atoms with Crippen LogP contribution in [-0.4, -0.2) is 50.8 Å². The van der Waals surface area contributed by atoms with E-state index < -0.39 is 25.8 Å². The number of nitrogens with zero attached hydrogens (tertiary/aromatic N) is 1. The van der Waals surface area contributed by atoms with E-state index in [0.29, 0.717) is 6.42 Å². The molecule has 0 bridgehead atoms. The van der Waals surface area contributed by atoms with Gasteiger partial charge in [-0.15, -0.1) is 0 Å². The molecular weight excluding hydrogens is 265 g/mol. The molecule has 1 unspecified atom stereocenters. The van der Waals surface area contributed by atoms with Crippen molar-refractivity contribution in [3.8, 4) is 0 Å². The van der Waals surface area contributed by atoms with E-state index in [0.717, 1.165) is 0 Å². The molecule has 11 heteroatoms. The van der Waals surface area contributed by atoms with E-state index >= 15 is 0 Å². The first-order valence-electron chi connectivity index (χ1n) is 5.01. The number of carbonyl (C=O) groups is 1. The van der Waals surface area contributed by atoms with Crippen LogP contribution in [0.3, 0.4) is 0 Å². The van der Waals surface area contributed by atoms with Gasteiger partial charge >= 0.3 is 7.60 Å². The predicted octanol–water partition coefficient (Wildman–Crippen LogP) is -2.07. The van der Waals surface area contributed by atoms with E-state index in [1.54, 1.807) is 0 Å². The van der Waals surface area contributed by atoms with E-state index in [-0.39, 0.29) is 24.0 Å². The number of hydrogen-bond acceptors (Lipinski definition) is 5. The van der Waals surface area contributed by atoms with Gasteiger partial charge in [-0.25, -0.2) is 0 Å². The van der Waals surface area contributed by atoms with Crippen LogP contribution in [-0.2, 0) is 9.36 Å². The molecular formula is C7H18N5O5P. The Balaban J connectivity index is 4.26. The number of nitrogens with one attached hydrogen (secondary N) is 2. The molecule has 0 saturated heterocycles. The zero-order chi connectivity index (χ0) is 14.3. The first-order chi connectivity index (χ1) is 8.13. The predicted molar refractivity (Wildman–Crippen MR) is 62.7 cm³/mol. The van der Waals surface area contributed by atoms with Crippen LogP contribution in [0.1, 0.15) is 12.8 Å². The molecule has 18 heavy (non-hydrogen) atoms. The molecule has 1 amide bonds. The Labute approximate surface area is 104 Å². The zero-order valence-electron chi connectivity index (χ0n) is 9.61. The number of hydrogen-bond donors (Lipinski definition) is 7. The van der Waals surface area contributed by atoms with Crippen LogP contribution in [0.4, 0.5) is 0 Å². The summed E-state index contributed by atoms with van der Waals surface area (Å²) in [4.78, 5) is 28.4. The Morgan fingerprint density at radius 3 is 2.39 bits per heavy atom. The SMILES string of the molecule is N=C(N)NCCCC(C(N)=O)N(O)CP(=O)(O)O. The molecule has 1 atom stereocenters. The highest BCUT2D eigenvalue weighted by Gasteiger charge is 2.28. The Kier molecular flexibility index (Phi) is 6.81. The average Bonchev–Trinajstić information content (AvgIpc) is 2.12. The lowest BCUT2D eigenvalue weighted by Crippen LogP contribution is -2.44. The molecule has 106 valence electrons. The number of hydroxylamine groups is 2. The number of carbonyl (C=O) groups excluding carboxylic acids is 1. The largest absolute Gasteiger partial charge is 0.370 e. The fourth-order valence-corrected chi connectivity index (χ4v) is 1.82. The maximum atomic E-state index is 11.0. The first kappa shape index (κ1) is 16.8. The fraction of sp³-hybridized carbons (Fsp3) is 0.714. The van der Waals surface area contributed by atoms with E-state index in [1.807, 2.05) is 0 Å². The highest BCUT2D eigenvalue weighted by atomic mass is 31.2. The van der Waals surface area contributed by atoms with E-state index in [4.69, 9.17) is 26.7 Å². The van der Waals surface area contributed by atoms with Gasteiger partial charge in [-0.2, -0.15) is 5.06 Å². The van der Waals surface area contributed by atoms with Gasteiger partial charge in [0.1, 0.15) is 12.3 Å². The molecule has 10 nitrogen and oxygen atoms in total. The van der Waals surface area contributed by atoms with Gasteiger partial charge in [-0.1, -0.05) is 0 Å². The summed E-state index contributed by atoms with van der Waals surface area (Å²) in [5.74, 6) is -1.13. The minimum Gasteiger partial charge on any atom is -0.370 e. The smallest absolute Gasteiger partial charge is 0.341 e. The summed E-state index contributed by atoms with van der Waals surface area (Å²) in [5.41, 5.74) is 10.0. The molecule has 0 aliphatic carbocycles. The lowest BCUT2D eigenvalue weighted by Gasteiger charge is -2.23. The number of nitrogens with two attached hydrogens (primary N) is 2. The minimum atomic E-state index is -4.47. The molecule has 0 rings (SSSR count). The molecule has 0 saturated carbocycles. The topological polar surface area (TPSA) is 186 Å². The quantitative estimate of drug-likeness (QED) is 0.0869. The van der Waals surface area contributed by atoms with Crippen LogP contribution >= 0.6 is 7.60 Å². The van der Waals surface area contributed by atoms with Crippen LogP contribution in [0.25, 0.3) is 0 Å². The molecule has 0 aromatic carbocycles. The number of primary amides is 1. The van der Waals surface area contributed by atoms with Crippen molar-refractivity contribution >= 4 is 19.5 Å². The molecule has 0 radical (unpaired) electrons. The third kappa shape index (κ3) is 7.98. The summed E-state index contributed by atoms with van der Waals surface area (Å²) in [5, 5.41) is 19.0. The summed E-state index contributed by atoms with van der Waals surface area (Å²) in [6.45, 7) is 0.281. The van der Waals surface area contributed by atoms with E-state index in [9.17, 15) is 14.6 Å². The standard InChI is InChI=1S/C7H18N5O5P/c8-6(13)5(2-1-3-11-7(9)10)12(14)4-18(15,16)17/h5,14H,1-4H2,(H2,8,13)(H4,9,10,11)(H2,15,16,17). The van der Waals surface area contributed by atoms with Crippen LogP contribution in [0.15, 0.2) is 0 Å². The fourth-order valence-electron chi connectivity index (χ4n) is 1.24. The van der Waals surface area contributed by atoms with Gasteiger partial charge in [0.15, 0.2) is 5.96 Å². The Morgan fingerprint density at radius 2 is 2.00 bits per heavy atom. The van der Waals surface area contributed by atoms with Crippen LogP contribution < -0.4 is 16.8 Å². The highest BCUT2D eigenvalue weighted by Crippen LogP contribution is 2.35. The Morgan fingerprint density at radius 1 is 1.44 bits per heavy atom.